The van der Waals surface area contributed by atoms with E-state index in [0.717, 1.165) is 14.4 Å². The molecule has 15 heavy (non-hydrogen) atoms. The van der Waals surface area contributed by atoms with E-state index < -0.39 is 0 Å². The van der Waals surface area contributed by atoms with Gasteiger partial charge in [0.25, 0.3) is 0 Å². The van der Waals surface area contributed by atoms with Gasteiger partial charge in [-0.25, -0.2) is 9.97 Å². The topological polar surface area (TPSA) is 51.8 Å². The van der Waals surface area contributed by atoms with E-state index in [-0.39, 0.29) is 0 Å². The molecule has 0 bridgehead atoms. The van der Waals surface area contributed by atoms with Gasteiger partial charge < -0.3 is 5.73 Å². The van der Waals surface area contributed by atoms with Gasteiger partial charge in [-0.15, -0.1) is 0 Å². The second-order valence-electron chi connectivity index (χ2n) is 2.79. The zero-order valence-electron chi connectivity index (χ0n) is 7.72. The Morgan fingerprint density at radius 3 is 2.60 bits per heavy atom. The molecule has 0 atom stereocenters. The minimum atomic E-state index is 0.462. The molecule has 0 aliphatic carbocycles. The number of nitrogens with two attached hydrogens (primary N) is 1. The van der Waals surface area contributed by atoms with Crippen LogP contribution in [0.1, 0.15) is 0 Å². The average molecular weight is 282 g/mol. The number of nitrogen functional groups attached to an aromatic ring is 1. The molecule has 5 heteroatoms. The minimum Gasteiger partial charge on any atom is -0.383 e. The van der Waals surface area contributed by atoms with Gasteiger partial charge in [0.15, 0.2) is 0 Å². The first-order valence-electron chi connectivity index (χ1n) is 4.26. The lowest BCUT2D eigenvalue weighted by Crippen LogP contribution is -1.94. The summed E-state index contributed by atoms with van der Waals surface area (Å²) in [7, 11) is 0. The number of rotatable bonds is 2. The number of halogens is 1. The molecule has 2 aromatic rings. The van der Waals surface area contributed by atoms with E-state index in [1.54, 1.807) is 11.8 Å². The first kappa shape index (κ1) is 10.4. The van der Waals surface area contributed by atoms with Crippen LogP contribution < -0.4 is 5.73 Å². The summed E-state index contributed by atoms with van der Waals surface area (Å²) >= 11 is 4.92. The average Bonchev–Trinajstić information content (AvgIpc) is 2.26. The number of hydrogen-bond acceptors (Lipinski definition) is 4. The van der Waals surface area contributed by atoms with E-state index in [4.69, 9.17) is 5.73 Å². The van der Waals surface area contributed by atoms with Crippen LogP contribution in [0.15, 0.2) is 51.1 Å². The number of anilines is 1. The predicted molar refractivity (Wildman–Crippen MR) is 64.7 cm³/mol. The van der Waals surface area contributed by atoms with Crippen molar-refractivity contribution in [3.8, 4) is 0 Å². The number of aromatic nitrogens is 2. The van der Waals surface area contributed by atoms with E-state index >= 15 is 0 Å². The Bertz CT molecular complexity index is 461. The molecule has 76 valence electrons. The maximum absolute atomic E-state index is 5.66. The predicted octanol–water partition coefficient (Wildman–Crippen LogP) is 2.97. The standard InChI is InChI=1S/C10H8BrN3S/c11-8-9(12)13-6-14-10(8)15-7-4-2-1-3-5-7/h1-6H,(H2,12,13,14). The highest BCUT2D eigenvalue weighted by Crippen LogP contribution is 2.33. The Hall–Kier alpha value is -1.07. The third kappa shape index (κ3) is 2.49. The van der Waals surface area contributed by atoms with Crippen molar-refractivity contribution in [1.82, 2.24) is 9.97 Å². The van der Waals surface area contributed by atoms with Crippen molar-refractivity contribution in [2.75, 3.05) is 5.73 Å². The van der Waals surface area contributed by atoms with E-state index in [2.05, 4.69) is 25.9 Å². The molecule has 0 radical (unpaired) electrons. The van der Waals surface area contributed by atoms with Crippen LogP contribution in [-0.2, 0) is 0 Å². The Morgan fingerprint density at radius 1 is 1.13 bits per heavy atom. The summed E-state index contributed by atoms with van der Waals surface area (Å²) in [6, 6.07) is 10.00. The molecule has 2 rings (SSSR count). The van der Waals surface area contributed by atoms with Gasteiger partial charge in [0, 0.05) is 4.90 Å². The van der Waals surface area contributed by atoms with Crippen LogP contribution in [0.25, 0.3) is 0 Å². The van der Waals surface area contributed by atoms with Gasteiger partial charge in [-0.3, -0.25) is 0 Å². The summed E-state index contributed by atoms with van der Waals surface area (Å²) in [4.78, 5) is 9.17. The van der Waals surface area contributed by atoms with Crippen molar-refractivity contribution < 1.29 is 0 Å². The molecule has 1 heterocycles. The number of benzene rings is 1. The van der Waals surface area contributed by atoms with Crippen LogP contribution in [0.4, 0.5) is 5.82 Å². The lowest BCUT2D eigenvalue weighted by Gasteiger charge is -2.03. The highest BCUT2D eigenvalue weighted by Gasteiger charge is 2.06. The third-order valence-corrected chi connectivity index (χ3v) is 3.80. The zero-order chi connectivity index (χ0) is 10.7. The maximum atomic E-state index is 5.66. The van der Waals surface area contributed by atoms with Crippen molar-refractivity contribution in [1.29, 1.82) is 0 Å². The Morgan fingerprint density at radius 2 is 1.87 bits per heavy atom. The highest BCUT2D eigenvalue weighted by atomic mass is 79.9. The lowest BCUT2D eigenvalue weighted by molar-refractivity contribution is 1.03. The molecule has 0 aliphatic rings. The first-order chi connectivity index (χ1) is 7.27. The quantitative estimate of drug-likeness (QED) is 0.860. The van der Waals surface area contributed by atoms with Crippen LogP contribution in [0.5, 0.6) is 0 Å². The molecule has 0 spiro atoms. The first-order valence-corrected chi connectivity index (χ1v) is 5.87. The fraction of sp³-hybridized carbons (Fsp3) is 0. The SMILES string of the molecule is Nc1ncnc(Sc2ccccc2)c1Br. The molecule has 1 aromatic heterocycles. The number of hydrogen-bond donors (Lipinski definition) is 1. The van der Waals surface area contributed by atoms with E-state index in [1.807, 2.05) is 30.3 Å². The van der Waals surface area contributed by atoms with Crippen LogP contribution in [-0.4, -0.2) is 9.97 Å². The summed E-state index contributed by atoms with van der Waals surface area (Å²) in [6.45, 7) is 0. The van der Waals surface area contributed by atoms with Crippen molar-refractivity contribution in [2.45, 2.75) is 9.92 Å². The second-order valence-corrected chi connectivity index (χ2v) is 4.65. The Kier molecular flexibility index (Phi) is 3.23. The van der Waals surface area contributed by atoms with Gasteiger partial charge in [-0.2, -0.15) is 0 Å². The summed E-state index contributed by atoms with van der Waals surface area (Å²) in [5.41, 5.74) is 5.66. The van der Waals surface area contributed by atoms with Crippen LogP contribution in [0.2, 0.25) is 0 Å². The van der Waals surface area contributed by atoms with Crippen molar-refractivity contribution >= 4 is 33.5 Å². The molecule has 0 aliphatic heterocycles. The van der Waals surface area contributed by atoms with Crippen LogP contribution in [0, 0.1) is 0 Å². The molecular weight excluding hydrogens is 274 g/mol. The zero-order valence-corrected chi connectivity index (χ0v) is 10.1. The molecule has 0 amide bonds. The maximum Gasteiger partial charge on any atom is 0.142 e. The number of nitrogens with zero attached hydrogens (tertiary/aromatic N) is 2. The van der Waals surface area contributed by atoms with E-state index in [9.17, 15) is 0 Å². The van der Waals surface area contributed by atoms with Crippen LogP contribution >= 0.6 is 27.7 Å². The van der Waals surface area contributed by atoms with Gasteiger partial charge in [-0.1, -0.05) is 30.0 Å². The molecule has 2 N–H and O–H groups in total. The van der Waals surface area contributed by atoms with Gasteiger partial charge >= 0.3 is 0 Å². The normalized spacial score (nSPS) is 10.2. The fourth-order valence-electron chi connectivity index (χ4n) is 1.04. The summed E-state index contributed by atoms with van der Waals surface area (Å²) in [5.74, 6) is 0.462. The highest BCUT2D eigenvalue weighted by molar-refractivity contribution is 9.10. The van der Waals surface area contributed by atoms with Crippen LogP contribution in [0.3, 0.4) is 0 Å². The molecule has 0 unspecified atom stereocenters. The van der Waals surface area contributed by atoms with Crippen molar-refractivity contribution in [2.24, 2.45) is 0 Å². The van der Waals surface area contributed by atoms with Crippen molar-refractivity contribution in [3.05, 3.63) is 41.1 Å². The largest absolute Gasteiger partial charge is 0.383 e. The minimum absolute atomic E-state index is 0.462. The third-order valence-electron chi connectivity index (χ3n) is 1.74. The Balaban J connectivity index is 2.29. The molecule has 0 saturated heterocycles. The molecule has 1 aromatic carbocycles. The molecular formula is C10H8BrN3S. The summed E-state index contributed by atoms with van der Waals surface area (Å²) in [6.07, 6.45) is 1.46. The second kappa shape index (κ2) is 4.63. The van der Waals surface area contributed by atoms with Gasteiger partial charge in [0.1, 0.15) is 17.2 Å². The fourth-order valence-corrected chi connectivity index (χ4v) is 2.30. The molecule has 3 nitrogen and oxygen atoms in total. The van der Waals surface area contributed by atoms with Gasteiger partial charge in [0.2, 0.25) is 0 Å². The molecule has 0 fully saturated rings. The lowest BCUT2D eigenvalue weighted by atomic mass is 10.4. The Labute approximate surface area is 100 Å². The van der Waals surface area contributed by atoms with Crippen molar-refractivity contribution in [3.63, 3.8) is 0 Å². The van der Waals surface area contributed by atoms with Gasteiger partial charge in [0.05, 0.1) is 4.47 Å². The smallest absolute Gasteiger partial charge is 0.142 e. The van der Waals surface area contributed by atoms with Gasteiger partial charge in [-0.05, 0) is 28.1 Å². The monoisotopic (exact) mass is 281 g/mol. The summed E-state index contributed by atoms with van der Waals surface area (Å²) < 4.78 is 0.749. The van der Waals surface area contributed by atoms with E-state index in [0.29, 0.717) is 5.82 Å². The van der Waals surface area contributed by atoms with E-state index in [1.165, 1.54) is 6.33 Å². The summed E-state index contributed by atoms with van der Waals surface area (Å²) in [5, 5.41) is 0.828. The molecule has 0 saturated carbocycles.